The van der Waals surface area contributed by atoms with Crippen molar-refractivity contribution in [2.75, 3.05) is 26.2 Å². The van der Waals surface area contributed by atoms with E-state index in [1.807, 2.05) is 36.4 Å². The summed E-state index contributed by atoms with van der Waals surface area (Å²) in [5.74, 6) is 0.816. The molecule has 3 aromatic carbocycles. The smallest absolute Gasteiger partial charge is 0.231 e. The number of piperazine rings is 1. The molecule has 2 heterocycles. The molecule has 0 unspecified atom stereocenters. The van der Waals surface area contributed by atoms with E-state index < -0.39 is 0 Å². The molecular weight excluding hydrogens is 400 g/mol. The molecule has 0 saturated carbocycles. The van der Waals surface area contributed by atoms with Crippen molar-refractivity contribution < 1.29 is 14.6 Å². The summed E-state index contributed by atoms with van der Waals surface area (Å²) in [7, 11) is 0. The lowest BCUT2D eigenvalue weighted by atomic mass is 10.0. The van der Waals surface area contributed by atoms with E-state index in [2.05, 4.69) is 34.1 Å². The van der Waals surface area contributed by atoms with E-state index in [0.717, 1.165) is 38.3 Å². The van der Waals surface area contributed by atoms with E-state index in [9.17, 15) is 9.90 Å². The molecule has 32 heavy (non-hydrogen) atoms. The summed E-state index contributed by atoms with van der Waals surface area (Å²) in [6, 6.07) is 23.4. The van der Waals surface area contributed by atoms with Crippen LogP contribution in [0.3, 0.4) is 0 Å². The molecule has 5 heteroatoms. The third kappa shape index (κ3) is 4.31. The molecule has 1 saturated heterocycles. The van der Waals surface area contributed by atoms with Gasteiger partial charge in [-0.25, -0.2) is 0 Å². The number of phenolic OH excluding ortho intramolecular Hbond substituents is 1. The van der Waals surface area contributed by atoms with E-state index in [4.69, 9.17) is 4.74 Å². The normalized spacial score (nSPS) is 18.0. The number of rotatable bonds is 5. The molecule has 0 aromatic heterocycles. The van der Waals surface area contributed by atoms with Crippen LogP contribution in [0.2, 0.25) is 0 Å². The Kier molecular flexibility index (Phi) is 5.75. The first-order chi connectivity index (χ1) is 15.7. The van der Waals surface area contributed by atoms with Gasteiger partial charge in [0, 0.05) is 39.3 Å². The molecular formula is C27H26N2O3. The van der Waals surface area contributed by atoms with E-state index in [1.54, 1.807) is 18.2 Å². The Morgan fingerprint density at radius 2 is 1.44 bits per heavy atom. The number of fused-ring (bicyclic) bond motifs is 1. The minimum atomic E-state index is -0.141. The first kappa shape index (κ1) is 20.5. The van der Waals surface area contributed by atoms with Crippen LogP contribution in [0.5, 0.6) is 11.5 Å². The van der Waals surface area contributed by atoms with Gasteiger partial charge < -0.3 is 9.84 Å². The standard InChI is InChI=1S/C27H26N2O3/c30-24-12-11-22-26(31)25(17-20-7-3-1-4-8-20)32-27(22)23(24)19-29-15-13-28(14-16-29)18-21-9-5-2-6-10-21/h1-12,17,30H,13-16,18-19H2/b25-17-. The topological polar surface area (TPSA) is 53.0 Å². The monoisotopic (exact) mass is 426 g/mol. The largest absolute Gasteiger partial charge is 0.507 e. The lowest BCUT2D eigenvalue weighted by Gasteiger charge is -2.35. The summed E-state index contributed by atoms with van der Waals surface area (Å²) in [4.78, 5) is 17.6. The zero-order valence-electron chi connectivity index (χ0n) is 17.9. The van der Waals surface area contributed by atoms with Crippen LogP contribution in [0, 0.1) is 0 Å². The second-order valence-electron chi connectivity index (χ2n) is 8.33. The maximum absolute atomic E-state index is 12.9. The van der Waals surface area contributed by atoms with Gasteiger partial charge in [-0.15, -0.1) is 0 Å². The SMILES string of the molecule is O=C1/C(=C/c2ccccc2)Oc2c1ccc(O)c2CN1CCN(Cc2ccccc2)CC1. The van der Waals surface area contributed by atoms with E-state index in [1.165, 1.54) is 5.56 Å². The Hall–Kier alpha value is -3.41. The summed E-state index contributed by atoms with van der Waals surface area (Å²) in [5.41, 5.74) is 3.43. The Balaban J connectivity index is 1.28. The molecule has 0 spiro atoms. The highest BCUT2D eigenvalue weighted by atomic mass is 16.5. The van der Waals surface area contributed by atoms with Gasteiger partial charge in [0.2, 0.25) is 5.78 Å². The zero-order valence-corrected chi connectivity index (χ0v) is 17.9. The second-order valence-corrected chi connectivity index (χ2v) is 8.33. The zero-order chi connectivity index (χ0) is 21.9. The van der Waals surface area contributed by atoms with Crippen molar-refractivity contribution in [2.45, 2.75) is 13.1 Å². The fourth-order valence-corrected chi connectivity index (χ4v) is 4.32. The van der Waals surface area contributed by atoms with Crippen molar-refractivity contribution in [3.8, 4) is 11.5 Å². The quantitative estimate of drug-likeness (QED) is 0.616. The van der Waals surface area contributed by atoms with E-state index in [0.29, 0.717) is 29.2 Å². The van der Waals surface area contributed by atoms with Crippen LogP contribution >= 0.6 is 0 Å². The van der Waals surface area contributed by atoms with Gasteiger partial charge in [0.15, 0.2) is 5.76 Å². The number of allylic oxidation sites excluding steroid dienone is 1. The second kappa shape index (κ2) is 8.99. The van der Waals surface area contributed by atoms with Crippen molar-refractivity contribution in [3.05, 3.63) is 101 Å². The number of nitrogens with zero attached hydrogens (tertiary/aromatic N) is 2. The minimum absolute atomic E-state index is 0.141. The van der Waals surface area contributed by atoms with Gasteiger partial charge in [0.1, 0.15) is 11.5 Å². The summed E-state index contributed by atoms with van der Waals surface area (Å²) < 4.78 is 5.99. The summed E-state index contributed by atoms with van der Waals surface area (Å²) in [6.45, 7) is 5.23. The summed E-state index contributed by atoms with van der Waals surface area (Å²) in [5, 5.41) is 10.6. The number of hydrogen-bond donors (Lipinski definition) is 1. The highest BCUT2D eigenvalue weighted by Crippen LogP contribution is 2.40. The van der Waals surface area contributed by atoms with Crippen molar-refractivity contribution >= 4 is 11.9 Å². The molecule has 5 rings (SSSR count). The van der Waals surface area contributed by atoms with Gasteiger partial charge in [-0.3, -0.25) is 14.6 Å². The van der Waals surface area contributed by atoms with Gasteiger partial charge in [-0.1, -0.05) is 60.7 Å². The number of aromatic hydroxyl groups is 1. The van der Waals surface area contributed by atoms with Crippen LogP contribution in [0.4, 0.5) is 0 Å². The third-order valence-corrected chi connectivity index (χ3v) is 6.11. The number of carbonyl (C=O) groups excluding carboxylic acids is 1. The van der Waals surface area contributed by atoms with E-state index >= 15 is 0 Å². The highest BCUT2D eigenvalue weighted by Gasteiger charge is 2.32. The molecule has 0 radical (unpaired) electrons. The predicted molar refractivity (Wildman–Crippen MR) is 124 cm³/mol. The number of hydrogen-bond acceptors (Lipinski definition) is 5. The average Bonchev–Trinajstić information content (AvgIpc) is 3.13. The van der Waals surface area contributed by atoms with Crippen molar-refractivity contribution in [2.24, 2.45) is 0 Å². The Bertz CT molecular complexity index is 1130. The molecule has 1 N–H and O–H groups in total. The van der Waals surface area contributed by atoms with Crippen molar-refractivity contribution in [1.82, 2.24) is 9.80 Å². The molecule has 0 atom stereocenters. The molecule has 0 bridgehead atoms. The van der Waals surface area contributed by atoms with Crippen LogP contribution in [0.1, 0.15) is 27.0 Å². The number of ether oxygens (including phenoxy) is 1. The molecule has 0 aliphatic carbocycles. The number of benzene rings is 3. The van der Waals surface area contributed by atoms with Gasteiger partial charge >= 0.3 is 0 Å². The molecule has 3 aromatic rings. The lowest BCUT2D eigenvalue weighted by molar-refractivity contribution is 0.101. The van der Waals surface area contributed by atoms with Crippen molar-refractivity contribution in [3.63, 3.8) is 0 Å². The Morgan fingerprint density at radius 3 is 2.12 bits per heavy atom. The molecule has 162 valence electrons. The number of Topliss-reactive ketones (excluding diaryl/α,β-unsaturated/α-hetero) is 1. The fourth-order valence-electron chi connectivity index (χ4n) is 4.32. The average molecular weight is 427 g/mol. The highest BCUT2D eigenvalue weighted by molar-refractivity contribution is 6.15. The molecule has 2 aliphatic rings. The first-order valence-corrected chi connectivity index (χ1v) is 11.0. The van der Waals surface area contributed by atoms with Crippen LogP contribution < -0.4 is 4.74 Å². The number of carbonyl (C=O) groups is 1. The summed E-state index contributed by atoms with van der Waals surface area (Å²) in [6.07, 6.45) is 1.76. The lowest BCUT2D eigenvalue weighted by Crippen LogP contribution is -2.45. The number of ketones is 1. The van der Waals surface area contributed by atoms with Gasteiger partial charge in [0.25, 0.3) is 0 Å². The molecule has 0 amide bonds. The number of phenols is 1. The maximum Gasteiger partial charge on any atom is 0.231 e. The fraction of sp³-hybridized carbons (Fsp3) is 0.222. The van der Waals surface area contributed by atoms with Gasteiger partial charge in [-0.05, 0) is 29.3 Å². The van der Waals surface area contributed by atoms with Crippen LogP contribution in [0.25, 0.3) is 6.08 Å². The Labute approximate surface area is 188 Å². The summed E-state index contributed by atoms with van der Waals surface area (Å²) >= 11 is 0. The third-order valence-electron chi connectivity index (χ3n) is 6.11. The van der Waals surface area contributed by atoms with Crippen LogP contribution in [0.15, 0.2) is 78.6 Å². The van der Waals surface area contributed by atoms with Gasteiger partial charge in [0.05, 0.1) is 11.1 Å². The molecule has 1 fully saturated rings. The van der Waals surface area contributed by atoms with E-state index in [-0.39, 0.29) is 11.5 Å². The van der Waals surface area contributed by atoms with Crippen LogP contribution in [-0.2, 0) is 13.1 Å². The predicted octanol–water partition coefficient (Wildman–Crippen LogP) is 4.33. The van der Waals surface area contributed by atoms with Crippen LogP contribution in [-0.4, -0.2) is 46.9 Å². The molecule has 2 aliphatic heterocycles. The Morgan fingerprint density at radius 1 is 0.812 bits per heavy atom. The maximum atomic E-state index is 12.9. The minimum Gasteiger partial charge on any atom is -0.507 e. The van der Waals surface area contributed by atoms with Crippen molar-refractivity contribution in [1.29, 1.82) is 0 Å². The first-order valence-electron chi connectivity index (χ1n) is 11.0. The molecule has 5 nitrogen and oxygen atoms in total. The van der Waals surface area contributed by atoms with Gasteiger partial charge in [-0.2, -0.15) is 0 Å².